The first-order valence-electron chi connectivity index (χ1n) is 11.7. The zero-order chi connectivity index (χ0) is 22.2. The molecular formula is C25H26N6OS. The topological polar surface area (TPSA) is 86.8 Å². The number of hydrogen-bond donors (Lipinski definition) is 2. The average molecular weight is 459 g/mol. The Bertz CT molecular complexity index is 1260. The van der Waals surface area contributed by atoms with Crippen LogP contribution in [0.1, 0.15) is 36.1 Å². The molecule has 1 aliphatic heterocycles. The number of piperidine rings is 1. The first kappa shape index (κ1) is 20.4. The van der Waals surface area contributed by atoms with Crippen molar-refractivity contribution >= 4 is 39.2 Å². The van der Waals surface area contributed by atoms with Crippen LogP contribution in [-0.2, 0) is 17.6 Å². The molecule has 0 spiro atoms. The molecule has 2 N–H and O–H groups in total. The number of aryl methyl sites for hydroxylation is 1. The first-order valence-corrected chi connectivity index (χ1v) is 12.5. The van der Waals surface area contributed by atoms with Gasteiger partial charge in [0, 0.05) is 36.3 Å². The Hall–Kier alpha value is -3.26. The van der Waals surface area contributed by atoms with Crippen LogP contribution in [-0.4, -0.2) is 38.9 Å². The van der Waals surface area contributed by atoms with Crippen LogP contribution in [0.2, 0.25) is 0 Å². The van der Waals surface area contributed by atoms with E-state index in [4.69, 9.17) is 4.98 Å². The van der Waals surface area contributed by atoms with Crippen molar-refractivity contribution in [1.29, 1.82) is 0 Å². The highest BCUT2D eigenvalue weighted by Crippen LogP contribution is 2.44. The number of carbonyl (C=O) groups excluding carboxylic acids is 1. The van der Waals surface area contributed by atoms with Crippen molar-refractivity contribution in [2.75, 3.05) is 23.3 Å². The summed E-state index contributed by atoms with van der Waals surface area (Å²) in [6, 6.07) is 9.92. The van der Waals surface area contributed by atoms with Crippen molar-refractivity contribution in [1.82, 2.24) is 19.9 Å². The van der Waals surface area contributed by atoms with Gasteiger partial charge in [0.1, 0.15) is 10.8 Å². The number of benzene rings is 1. The molecule has 1 amide bonds. The smallest absolute Gasteiger partial charge is 0.228 e. The maximum atomic E-state index is 13.3. The maximum absolute atomic E-state index is 13.3. The summed E-state index contributed by atoms with van der Waals surface area (Å²) in [5.74, 6) is 1.71. The van der Waals surface area contributed by atoms with E-state index in [1.807, 2.05) is 30.3 Å². The Kier molecular flexibility index (Phi) is 5.30. The molecule has 33 heavy (non-hydrogen) atoms. The fraction of sp³-hybridized carbons (Fsp3) is 0.360. The van der Waals surface area contributed by atoms with E-state index in [-0.39, 0.29) is 11.8 Å². The summed E-state index contributed by atoms with van der Waals surface area (Å²) < 4.78 is 0. The molecule has 6 rings (SSSR count). The molecule has 2 aliphatic rings. The number of rotatable bonds is 4. The van der Waals surface area contributed by atoms with E-state index >= 15 is 0 Å². The molecule has 8 heteroatoms. The van der Waals surface area contributed by atoms with Gasteiger partial charge in [-0.15, -0.1) is 11.3 Å². The van der Waals surface area contributed by atoms with Crippen LogP contribution in [0.15, 0.2) is 42.7 Å². The monoisotopic (exact) mass is 458 g/mol. The molecule has 3 aromatic heterocycles. The first-order chi connectivity index (χ1) is 16.3. The number of thiophene rings is 1. The summed E-state index contributed by atoms with van der Waals surface area (Å²) in [4.78, 5) is 33.9. The number of amides is 1. The van der Waals surface area contributed by atoms with E-state index in [0.717, 1.165) is 72.1 Å². The van der Waals surface area contributed by atoms with Crippen LogP contribution in [0, 0.1) is 5.92 Å². The number of fused-ring (bicyclic) bond motifs is 2. The Morgan fingerprint density at radius 3 is 2.67 bits per heavy atom. The van der Waals surface area contributed by atoms with Crippen LogP contribution in [0.25, 0.3) is 22.4 Å². The van der Waals surface area contributed by atoms with E-state index in [0.29, 0.717) is 0 Å². The molecule has 1 aliphatic carbocycles. The molecule has 1 fully saturated rings. The number of nitrogens with one attached hydrogen (secondary N) is 2. The summed E-state index contributed by atoms with van der Waals surface area (Å²) in [5, 5.41) is 4.25. The molecule has 168 valence electrons. The highest BCUT2D eigenvalue weighted by atomic mass is 32.1. The minimum absolute atomic E-state index is 0.00684. The van der Waals surface area contributed by atoms with Crippen LogP contribution in [0.3, 0.4) is 0 Å². The van der Waals surface area contributed by atoms with Gasteiger partial charge >= 0.3 is 0 Å². The van der Waals surface area contributed by atoms with Gasteiger partial charge in [-0.05, 0) is 62.3 Å². The highest BCUT2D eigenvalue weighted by Gasteiger charge is 2.29. The SMILES string of the molecule is O=C(Nc1sc2c(c1-c1nc3ccccc3[nH]1)CCCC2)C1CCN(c2ncccn2)CC1. The minimum Gasteiger partial charge on any atom is -0.341 e. The number of nitrogens with zero attached hydrogens (tertiary/aromatic N) is 4. The summed E-state index contributed by atoms with van der Waals surface area (Å²) in [5.41, 5.74) is 4.43. The van der Waals surface area contributed by atoms with E-state index in [1.165, 1.54) is 23.3 Å². The van der Waals surface area contributed by atoms with Crippen molar-refractivity contribution in [3.05, 3.63) is 53.2 Å². The van der Waals surface area contributed by atoms with Crippen LogP contribution < -0.4 is 10.2 Å². The van der Waals surface area contributed by atoms with Gasteiger partial charge in [0.15, 0.2) is 0 Å². The van der Waals surface area contributed by atoms with Crippen molar-refractivity contribution in [3.8, 4) is 11.4 Å². The molecule has 0 radical (unpaired) electrons. The zero-order valence-corrected chi connectivity index (χ0v) is 19.2. The Labute approximate surface area is 196 Å². The number of para-hydroxylation sites is 2. The number of hydrogen-bond acceptors (Lipinski definition) is 6. The second kappa shape index (κ2) is 8.59. The third-order valence-electron chi connectivity index (χ3n) is 6.73. The van der Waals surface area contributed by atoms with Crippen LogP contribution in [0.4, 0.5) is 10.9 Å². The highest BCUT2D eigenvalue weighted by molar-refractivity contribution is 7.17. The van der Waals surface area contributed by atoms with E-state index in [2.05, 4.69) is 25.2 Å². The second-order valence-electron chi connectivity index (χ2n) is 8.82. The van der Waals surface area contributed by atoms with Crippen molar-refractivity contribution in [2.24, 2.45) is 5.92 Å². The fourth-order valence-corrected chi connectivity index (χ4v) is 6.28. The predicted molar refractivity (Wildman–Crippen MR) is 132 cm³/mol. The molecule has 0 saturated carbocycles. The number of H-pyrrole nitrogens is 1. The lowest BCUT2D eigenvalue weighted by Crippen LogP contribution is -2.38. The third-order valence-corrected chi connectivity index (χ3v) is 7.94. The molecule has 1 saturated heterocycles. The normalized spacial score (nSPS) is 16.7. The van der Waals surface area contributed by atoms with Crippen LogP contribution in [0.5, 0.6) is 0 Å². The lowest BCUT2D eigenvalue weighted by Gasteiger charge is -2.31. The van der Waals surface area contributed by atoms with Gasteiger partial charge in [0.05, 0.1) is 16.6 Å². The number of imidazole rings is 1. The molecule has 4 aromatic rings. The number of aromatic amines is 1. The van der Waals surface area contributed by atoms with Gasteiger partial charge in [0.25, 0.3) is 0 Å². The van der Waals surface area contributed by atoms with Crippen molar-refractivity contribution in [2.45, 2.75) is 38.5 Å². The molecular weight excluding hydrogens is 432 g/mol. The van der Waals surface area contributed by atoms with Gasteiger partial charge in [-0.2, -0.15) is 0 Å². The number of anilines is 2. The largest absolute Gasteiger partial charge is 0.341 e. The van der Waals surface area contributed by atoms with Crippen molar-refractivity contribution < 1.29 is 4.79 Å². The summed E-state index contributed by atoms with van der Waals surface area (Å²) in [6.07, 6.45) is 9.65. The number of carbonyl (C=O) groups is 1. The fourth-order valence-electron chi connectivity index (χ4n) is 4.99. The lowest BCUT2D eigenvalue weighted by atomic mass is 9.94. The van der Waals surface area contributed by atoms with Gasteiger partial charge in [-0.1, -0.05) is 12.1 Å². The Morgan fingerprint density at radius 2 is 1.85 bits per heavy atom. The minimum atomic E-state index is -0.00684. The van der Waals surface area contributed by atoms with Gasteiger partial charge < -0.3 is 15.2 Å². The number of aromatic nitrogens is 4. The van der Waals surface area contributed by atoms with Crippen molar-refractivity contribution in [3.63, 3.8) is 0 Å². The standard InChI is InChI=1S/C25H26N6OS/c32-23(16-10-14-31(15-11-16)25-26-12-5-13-27-25)30-24-21(17-6-1-4-9-20(17)33-24)22-28-18-7-2-3-8-19(18)29-22/h2-3,5,7-8,12-13,16H,1,4,6,9-11,14-15H2,(H,28,29)(H,30,32). The molecule has 0 bridgehead atoms. The zero-order valence-electron chi connectivity index (χ0n) is 18.4. The van der Waals surface area contributed by atoms with Crippen LogP contribution >= 0.6 is 11.3 Å². The molecule has 0 atom stereocenters. The van der Waals surface area contributed by atoms with E-state index < -0.39 is 0 Å². The maximum Gasteiger partial charge on any atom is 0.228 e. The summed E-state index contributed by atoms with van der Waals surface area (Å²) in [6.45, 7) is 1.58. The molecule has 7 nitrogen and oxygen atoms in total. The second-order valence-corrected chi connectivity index (χ2v) is 9.92. The third kappa shape index (κ3) is 3.88. The summed E-state index contributed by atoms with van der Waals surface area (Å²) in [7, 11) is 0. The quantitative estimate of drug-likeness (QED) is 0.458. The Balaban J connectivity index is 1.24. The van der Waals surface area contributed by atoms with E-state index in [1.54, 1.807) is 23.7 Å². The Morgan fingerprint density at radius 1 is 1.06 bits per heavy atom. The molecule has 1 aromatic carbocycles. The van der Waals surface area contributed by atoms with Gasteiger partial charge in [-0.25, -0.2) is 15.0 Å². The summed E-state index contributed by atoms with van der Waals surface area (Å²) >= 11 is 1.73. The average Bonchev–Trinajstić information content (AvgIpc) is 3.45. The van der Waals surface area contributed by atoms with E-state index in [9.17, 15) is 4.79 Å². The van der Waals surface area contributed by atoms with Gasteiger partial charge in [0.2, 0.25) is 11.9 Å². The lowest BCUT2D eigenvalue weighted by molar-refractivity contribution is -0.120. The molecule has 0 unspecified atom stereocenters. The molecule has 4 heterocycles. The predicted octanol–water partition coefficient (Wildman–Crippen LogP) is 4.82. The van der Waals surface area contributed by atoms with Gasteiger partial charge in [-0.3, -0.25) is 4.79 Å².